The summed E-state index contributed by atoms with van der Waals surface area (Å²) in [6.07, 6.45) is 0. The van der Waals surface area contributed by atoms with E-state index >= 15 is 0 Å². The lowest BCUT2D eigenvalue weighted by atomic mass is 9.85. The van der Waals surface area contributed by atoms with E-state index in [-0.39, 0.29) is 0 Å². The Labute approximate surface area is 126 Å². The molecule has 0 aliphatic rings. The highest BCUT2D eigenvalue weighted by atomic mass is 14.9. The summed E-state index contributed by atoms with van der Waals surface area (Å²) in [5.41, 5.74) is 5.63. The minimum absolute atomic E-state index is 0.425. The van der Waals surface area contributed by atoms with E-state index in [0.29, 0.717) is 6.04 Å². The number of aryl methyl sites for hydroxylation is 3. The normalized spacial score (nSPS) is 13.6. The Morgan fingerprint density at radius 3 is 1.80 bits per heavy atom. The summed E-state index contributed by atoms with van der Waals surface area (Å²) < 4.78 is 0. The van der Waals surface area contributed by atoms with Crippen LogP contribution in [0.1, 0.15) is 62.9 Å². The van der Waals surface area contributed by atoms with Crippen molar-refractivity contribution >= 4 is 0 Å². The Bertz CT molecular complexity index is 424. The van der Waals surface area contributed by atoms with E-state index in [4.69, 9.17) is 0 Å². The van der Waals surface area contributed by atoms with Crippen LogP contribution in [0.4, 0.5) is 0 Å². The second-order valence-electron chi connectivity index (χ2n) is 7.07. The largest absolute Gasteiger partial charge is 0.310 e. The van der Waals surface area contributed by atoms with Gasteiger partial charge in [-0.1, -0.05) is 39.8 Å². The SMILES string of the molecule is Cc1cc(C)c(C(C)NCC(C(C)C)C(C)C)cc1C. The second kappa shape index (κ2) is 7.26. The average Bonchev–Trinajstić information content (AvgIpc) is 2.32. The van der Waals surface area contributed by atoms with Crippen LogP contribution < -0.4 is 5.32 Å². The highest BCUT2D eigenvalue weighted by Gasteiger charge is 2.19. The molecule has 1 heteroatoms. The third kappa shape index (κ3) is 4.34. The van der Waals surface area contributed by atoms with E-state index in [0.717, 1.165) is 24.3 Å². The monoisotopic (exact) mass is 275 g/mol. The molecule has 0 fully saturated rings. The van der Waals surface area contributed by atoms with Crippen molar-refractivity contribution in [3.05, 3.63) is 34.4 Å². The number of rotatable bonds is 6. The molecule has 0 aromatic heterocycles. The summed E-state index contributed by atoms with van der Waals surface area (Å²) >= 11 is 0. The van der Waals surface area contributed by atoms with Gasteiger partial charge in [0, 0.05) is 6.04 Å². The Hall–Kier alpha value is -0.820. The standard InChI is InChI=1S/C19H33N/c1-12(2)19(13(3)4)11-20-17(8)18-10-15(6)14(5)9-16(18)7/h9-10,12-13,17,19-20H,11H2,1-8H3. The van der Waals surface area contributed by atoms with E-state index < -0.39 is 0 Å². The molecule has 1 unspecified atom stereocenters. The van der Waals surface area contributed by atoms with Crippen molar-refractivity contribution < 1.29 is 0 Å². The Morgan fingerprint density at radius 1 is 0.800 bits per heavy atom. The van der Waals surface area contributed by atoms with Gasteiger partial charge in [-0.25, -0.2) is 0 Å². The molecule has 1 aromatic rings. The first-order valence-electron chi connectivity index (χ1n) is 8.05. The molecular formula is C19H33N. The lowest BCUT2D eigenvalue weighted by Crippen LogP contribution is -2.31. The molecule has 1 nitrogen and oxygen atoms in total. The highest BCUT2D eigenvalue weighted by Crippen LogP contribution is 2.24. The van der Waals surface area contributed by atoms with Crippen molar-refractivity contribution in [1.82, 2.24) is 5.32 Å². The van der Waals surface area contributed by atoms with Gasteiger partial charge in [0.25, 0.3) is 0 Å². The second-order valence-corrected chi connectivity index (χ2v) is 7.07. The van der Waals surface area contributed by atoms with Crippen LogP contribution in [0.3, 0.4) is 0 Å². The maximum atomic E-state index is 3.75. The molecular weight excluding hydrogens is 242 g/mol. The summed E-state index contributed by atoms with van der Waals surface area (Å²) in [4.78, 5) is 0. The lowest BCUT2D eigenvalue weighted by molar-refractivity contribution is 0.268. The first-order chi connectivity index (χ1) is 9.23. The van der Waals surface area contributed by atoms with Crippen molar-refractivity contribution in [2.45, 2.75) is 61.4 Å². The van der Waals surface area contributed by atoms with Crippen molar-refractivity contribution in [3.8, 4) is 0 Å². The van der Waals surface area contributed by atoms with E-state index in [1.165, 1.54) is 22.3 Å². The molecule has 0 radical (unpaired) electrons. The first kappa shape index (κ1) is 17.2. The van der Waals surface area contributed by atoms with Gasteiger partial charge in [0.1, 0.15) is 0 Å². The molecule has 0 bridgehead atoms. The molecule has 0 saturated heterocycles. The summed E-state index contributed by atoms with van der Waals surface area (Å²) in [5.74, 6) is 2.20. The van der Waals surface area contributed by atoms with Crippen LogP contribution in [-0.2, 0) is 0 Å². The van der Waals surface area contributed by atoms with Crippen molar-refractivity contribution in [1.29, 1.82) is 0 Å². The van der Waals surface area contributed by atoms with Crippen LogP contribution in [0.15, 0.2) is 12.1 Å². The fraction of sp³-hybridized carbons (Fsp3) is 0.684. The van der Waals surface area contributed by atoms with E-state index in [1.807, 2.05) is 0 Å². The maximum Gasteiger partial charge on any atom is 0.0294 e. The third-order valence-electron chi connectivity index (χ3n) is 4.72. The minimum atomic E-state index is 0.425. The van der Waals surface area contributed by atoms with Gasteiger partial charge in [0.2, 0.25) is 0 Å². The molecule has 1 rings (SSSR count). The van der Waals surface area contributed by atoms with Crippen molar-refractivity contribution in [2.24, 2.45) is 17.8 Å². The Balaban J connectivity index is 2.76. The molecule has 1 aromatic carbocycles. The number of nitrogens with one attached hydrogen (secondary N) is 1. The Morgan fingerprint density at radius 2 is 1.30 bits per heavy atom. The Kier molecular flexibility index (Phi) is 6.26. The smallest absolute Gasteiger partial charge is 0.0294 e. The fourth-order valence-corrected chi connectivity index (χ4v) is 3.11. The van der Waals surface area contributed by atoms with Crippen LogP contribution in [0.5, 0.6) is 0 Å². The maximum absolute atomic E-state index is 3.75. The van der Waals surface area contributed by atoms with Gasteiger partial charge in [-0.15, -0.1) is 0 Å². The van der Waals surface area contributed by atoms with E-state index in [2.05, 4.69) is 72.8 Å². The van der Waals surface area contributed by atoms with Crippen LogP contribution in [0.2, 0.25) is 0 Å². The summed E-state index contributed by atoms with van der Waals surface area (Å²) in [5, 5.41) is 3.75. The number of hydrogen-bond donors (Lipinski definition) is 1. The van der Waals surface area contributed by atoms with Crippen molar-refractivity contribution in [3.63, 3.8) is 0 Å². The summed E-state index contributed by atoms with van der Waals surface area (Å²) in [6, 6.07) is 5.09. The van der Waals surface area contributed by atoms with Crippen molar-refractivity contribution in [2.75, 3.05) is 6.54 Å². The predicted molar refractivity (Wildman–Crippen MR) is 90.2 cm³/mol. The first-order valence-corrected chi connectivity index (χ1v) is 8.05. The van der Waals surface area contributed by atoms with E-state index in [9.17, 15) is 0 Å². The van der Waals surface area contributed by atoms with Crippen LogP contribution >= 0.6 is 0 Å². The number of hydrogen-bond acceptors (Lipinski definition) is 1. The fourth-order valence-electron chi connectivity index (χ4n) is 3.11. The minimum Gasteiger partial charge on any atom is -0.310 e. The van der Waals surface area contributed by atoms with Gasteiger partial charge in [-0.3, -0.25) is 0 Å². The van der Waals surface area contributed by atoms with Gasteiger partial charge in [-0.2, -0.15) is 0 Å². The van der Waals surface area contributed by atoms with Crippen LogP contribution in [0.25, 0.3) is 0 Å². The molecule has 0 aliphatic heterocycles. The topological polar surface area (TPSA) is 12.0 Å². The van der Waals surface area contributed by atoms with Gasteiger partial charge in [0.05, 0.1) is 0 Å². The van der Waals surface area contributed by atoms with Crippen LogP contribution in [0, 0.1) is 38.5 Å². The summed E-state index contributed by atoms with van der Waals surface area (Å²) in [6.45, 7) is 19.3. The van der Waals surface area contributed by atoms with Gasteiger partial charge in [0.15, 0.2) is 0 Å². The van der Waals surface area contributed by atoms with E-state index in [1.54, 1.807) is 0 Å². The van der Waals surface area contributed by atoms with Gasteiger partial charge < -0.3 is 5.32 Å². The molecule has 0 heterocycles. The van der Waals surface area contributed by atoms with Crippen LogP contribution in [-0.4, -0.2) is 6.54 Å². The molecule has 0 amide bonds. The van der Waals surface area contributed by atoms with Gasteiger partial charge >= 0.3 is 0 Å². The predicted octanol–water partition coefficient (Wildman–Crippen LogP) is 5.19. The molecule has 20 heavy (non-hydrogen) atoms. The average molecular weight is 275 g/mol. The molecule has 1 N–H and O–H groups in total. The highest BCUT2D eigenvalue weighted by molar-refractivity contribution is 5.38. The molecule has 0 spiro atoms. The quantitative estimate of drug-likeness (QED) is 0.753. The summed E-state index contributed by atoms with van der Waals surface area (Å²) in [7, 11) is 0. The van der Waals surface area contributed by atoms with Gasteiger partial charge in [-0.05, 0) is 74.2 Å². The molecule has 114 valence electrons. The zero-order chi connectivity index (χ0) is 15.4. The molecule has 1 atom stereocenters. The zero-order valence-corrected chi connectivity index (χ0v) is 14.7. The molecule has 0 aliphatic carbocycles. The third-order valence-corrected chi connectivity index (χ3v) is 4.72. The number of benzene rings is 1. The molecule has 0 saturated carbocycles. The lowest BCUT2D eigenvalue weighted by Gasteiger charge is -2.28. The zero-order valence-electron chi connectivity index (χ0n) is 14.7.